The molecule has 1 aromatic carbocycles. The summed E-state index contributed by atoms with van der Waals surface area (Å²) in [6.07, 6.45) is -0.0481. The van der Waals surface area contributed by atoms with Crippen LogP contribution in [0.1, 0.15) is 34.7 Å². The molecule has 1 aliphatic carbocycles. The van der Waals surface area contributed by atoms with Gasteiger partial charge in [-0.05, 0) is 42.9 Å². The van der Waals surface area contributed by atoms with Crippen molar-refractivity contribution < 1.29 is 13.2 Å². The Hall–Kier alpha value is -1.36. The standard InChI is InChI=1S/C16H17F3N4S.HI/c17-16(18,19)13-9-24-14(23-13)8-21-15(20)22-12-7-3-5-10-4-1-2-6-11(10)12;/h3,5,7,9H,1-2,4,6,8H2,(H3,20,21,22);1H. The number of hydrogen-bond acceptors (Lipinski definition) is 3. The summed E-state index contributed by atoms with van der Waals surface area (Å²) in [5.74, 6) is 0.178. The molecule has 25 heavy (non-hydrogen) atoms. The quantitative estimate of drug-likeness (QED) is 0.383. The first-order valence-electron chi connectivity index (χ1n) is 7.63. The Labute approximate surface area is 164 Å². The van der Waals surface area contributed by atoms with Gasteiger partial charge in [-0.2, -0.15) is 13.2 Å². The van der Waals surface area contributed by atoms with E-state index in [0.717, 1.165) is 41.7 Å². The maximum atomic E-state index is 12.5. The van der Waals surface area contributed by atoms with Crippen LogP contribution in [0.5, 0.6) is 0 Å². The summed E-state index contributed by atoms with van der Waals surface area (Å²) in [5, 5.41) is 4.33. The number of nitrogens with one attached hydrogen (secondary N) is 1. The van der Waals surface area contributed by atoms with Gasteiger partial charge in [0.25, 0.3) is 0 Å². The highest BCUT2D eigenvalue weighted by atomic mass is 127. The predicted molar refractivity (Wildman–Crippen MR) is 105 cm³/mol. The number of anilines is 1. The number of halogens is 4. The molecule has 3 rings (SSSR count). The average Bonchev–Trinajstić information content (AvgIpc) is 3.03. The molecule has 3 N–H and O–H groups in total. The lowest BCUT2D eigenvalue weighted by molar-refractivity contribution is -0.140. The van der Waals surface area contributed by atoms with Crippen LogP contribution in [0.3, 0.4) is 0 Å². The molecule has 4 nitrogen and oxygen atoms in total. The van der Waals surface area contributed by atoms with Crippen molar-refractivity contribution in [2.24, 2.45) is 10.7 Å². The molecule has 1 heterocycles. The monoisotopic (exact) mass is 482 g/mol. The topological polar surface area (TPSA) is 63.3 Å². The molecule has 0 radical (unpaired) electrons. The highest BCUT2D eigenvalue weighted by Gasteiger charge is 2.33. The van der Waals surface area contributed by atoms with Gasteiger partial charge in [-0.15, -0.1) is 35.3 Å². The molecule has 0 unspecified atom stereocenters. The van der Waals surface area contributed by atoms with Crippen LogP contribution in [0.25, 0.3) is 0 Å². The molecule has 1 aromatic heterocycles. The summed E-state index contributed by atoms with van der Waals surface area (Å²) in [6.45, 7) is 0.0224. The molecule has 136 valence electrons. The second kappa shape index (κ2) is 8.35. The minimum absolute atomic E-state index is 0. The molecule has 0 atom stereocenters. The number of benzene rings is 1. The molecular formula is C16H18F3IN4S. The van der Waals surface area contributed by atoms with E-state index in [1.807, 2.05) is 12.1 Å². The zero-order valence-corrected chi connectivity index (χ0v) is 16.4. The van der Waals surface area contributed by atoms with Crippen molar-refractivity contribution in [3.63, 3.8) is 0 Å². The molecular weight excluding hydrogens is 464 g/mol. The zero-order valence-electron chi connectivity index (χ0n) is 13.3. The normalized spacial score (nSPS) is 14.6. The fraction of sp³-hybridized carbons (Fsp3) is 0.375. The number of aryl methyl sites for hydroxylation is 1. The van der Waals surface area contributed by atoms with Crippen LogP contribution in [0, 0.1) is 0 Å². The number of rotatable bonds is 3. The fourth-order valence-electron chi connectivity index (χ4n) is 2.74. The molecule has 0 saturated heterocycles. The Morgan fingerprint density at radius 3 is 2.76 bits per heavy atom. The number of aromatic nitrogens is 1. The first-order valence-corrected chi connectivity index (χ1v) is 8.51. The van der Waals surface area contributed by atoms with Crippen molar-refractivity contribution in [3.8, 4) is 0 Å². The van der Waals surface area contributed by atoms with E-state index in [4.69, 9.17) is 5.73 Å². The van der Waals surface area contributed by atoms with Crippen LogP contribution in [0.15, 0.2) is 28.6 Å². The molecule has 0 spiro atoms. The maximum absolute atomic E-state index is 12.5. The SMILES string of the molecule is I.NC(=NCc1nc(C(F)(F)F)cs1)Nc1cccc2c1CCCC2. The molecule has 0 saturated carbocycles. The molecule has 0 amide bonds. The van der Waals surface area contributed by atoms with E-state index >= 15 is 0 Å². The summed E-state index contributed by atoms with van der Waals surface area (Å²) < 4.78 is 37.6. The van der Waals surface area contributed by atoms with Gasteiger partial charge in [-0.25, -0.2) is 9.98 Å². The van der Waals surface area contributed by atoms with Crippen molar-refractivity contribution in [1.82, 2.24) is 4.98 Å². The largest absolute Gasteiger partial charge is 0.434 e. The summed E-state index contributed by atoms with van der Waals surface area (Å²) >= 11 is 0.926. The Balaban J connectivity index is 0.00000225. The van der Waals surface area contributed by atoms with E-state index in [-0.39, 0.29) is 41.5 Å². The Bertz CT molecular complexity index is 758. The number of nitrogens with two attached hydrogens (primary N) is 1. The molecule has 1 aliphatic rings. The van der Waals surface area contributed by atoms with Crippen molar-refractivity contribution in [1.29, 1.82) is 0 Å². The third-order valence-corrected chi connectivity index (χ3v) is 4.72. The highest BCUT2D eigenvalue weighted by Crippen LogP contribution is 2.30. The maximum Gasteiger partial charge on any atom is 0.434 e. The second-order valence-corrected chi connectivity index (χ2v) is 6.54. The van der Waals surface area contributed by atoms with Crippen LogP contribution < -0.4 is 11.1 Å². The van der Waals surface area contributed by atoms with Gasteiger partial charge in [0.2, 0.25) is 0 Å². The number of hydrogen-bond donors (Lipinski definition) is 2. The summed E-state index contributed by atoms with van der Waals surface area (Å²) in [4.78, 5) is 7.63. The van der Waals surface area contributed by atoms with Gasteiger partial charge in [0.1, 0.15) is 5.01 Å². The van der Waals surface area contributed by atoms with E-state index in [0.29, 0.717) is 0 Å². The van der Waals surface area contributed by atoms with Crippen LogP contribution in [0.4, 0.5) is 18.9 Å². The number of fused-ring (bicyclic) bond motifs is 1. The zero-order chi connectivity index (χ0) is 17.2. The molecule has 0 aliphatic heterocycles. The number of nitrogens with zero attached hydrogens (tertiary/aromatic N) is 2. The van der Waals surface area contributed by atoms with Crippen LogP contribution in [0.2, 0.25) is 0 Å². The summed E-state index contributed by atoms with van der Waals surface area (Å²) in [5.41, 5.74) is 8.46. The van der Waals surface area contributed by atoms with E-state index in [1.54, 1.807) is 0 Å². The van der Waals surface area contributed by atoms with Gasteiger partial charge in [0, 0.05) is 11.1 Å². The third-order valence-electron chi connectivity index (χ3n) is 3.89. The Morgan fingerprint density at radius 1 is 1.28 bits per heavy atom. The second-order valence-electron chi connectivity index (χ2n) is 5.60. The van der Waals surface area contributed by atoms with E-state index < -0.39 is 11.9 Å². The number of thiazole rings is 1. The van der Waals surface area contributed by atoms with Gasteiger partial charge in [-0.1, -0.05) is 12.1 Å². The van der Waals surface area contributed by atoms with Gasteiger partial charge >= 0.3 is 6.18 Å². The van der Waals surface area contributed by atoms with Gasteiger partial charge < -0.3 is 11.1 Å². The number of aliphatic imine (C=N–C) groups is 1. The third kappa shape index (κ3) is 5.06. The first-order chi connectivity index (χ1) is 11.4. The molecule has 9 heteroatoms. The summed E-state index contributed by atoms with van der Waals surface area (Å²) in [6, 6.07) is 6.02. The molecule has 0 bridgehead atoms. The van der Waals surface area contributed by atoms with E-state index in [9.17, 15) is 13.2 Å². The van der Waals surface area contributed by atoms with Gasteiger partial charge in [0.05, 0.1) is 6.54 Å². The van der Waals surface area contributed by atoms with Crippen molar-refractivity contribution >= 4 is 47.0 Å². The lowest BCUT2D eigenvalue weighted by atomic mass is 9.90. The Kier molecular flexibility index (Phi) is 6.66. The molecule has 0 fully saturated rings. The summed E-state index contributed by atoms with van der Waals surface area (Å²) in [7, 11) is 0. The van der Waals surface area contributed by atoms with Crippen molar-refractivity contribution in [3.05, 3.63) is 45.4 Å². The molecule has 2 aromatic rings. The minimum atomic E-state index is -4.43. The number of alkyl halides is 3. The van der Waals surface area contributed by atoms with E-state index in [2.05, 4.69) is 21.4 Å². The lowest BCUT2D eigenvalue weighted by Crippen LogP contribution is -2.24. The van der Waals surface area contributed by atoms with Crippen molar-refractivity contribution in [2.75, 3.05) is 5.32 Å². The van der Waals surface area contributed by atoms with Gasteiger partial charge in [0.15, 0.2) is 11.7 Å². The fourth-order valence-corrected chi connectivity index (χ4v) is 3.47. The van der Waals surface area contributed by atoms with E-state index in [1.165, 1.54) is 17.5 Å². The lowest BCUT2D eigenvalue weighted by Gasteiger charge is -2.19. The minimum Gasteiger partial charge on any atom is -0.370 e. The van der Waals surface area contributed by atoms with Crippen LogP contribution in [-0.2, 0) is 25.6 Å². The Morgan fingerprint density at radius 2 is 2.04 bits per heavy atom. The predicted octanol–water partition coefficient (Wildman–Crippen LogP) is 4.59. The van der Waals surface area contributed by atoms with Crippen LogP contribution >= 0.6 is 35.3 Å². The van der Waals surface area contributed by atoms with Crippen LogP contribution in [-0.4, -0.2) is 10.9 Å². The smallest absolute Gasteiger partial charge is 0.370 e. The van der Waals surface area contributed by atoms with Crippen molar-refractivity contribution in [2.45, 2.75) is 38.4 Å². The van der Waals surface area contributed by atoms with Gasteiger partial charge in [-0.3, -0.25) is 0 Å². The first kappa shape index (κ1) is 20.0. The number of guanidine groups is 1. The highest BCUT2D eigenvalue weighted by molar-refractivity contribution is 14.0. The average molecular weight is 482 g/mol.